The molecule has 0 spiro atoms. The Balaban J connectivity index is 2.51. The van der Waals surface area contributed by atoms with Gasteiger partial charge in [-0.05, 0) is 31.1 Å². The summed E-state index contributed by atoms with van der Waals surface area (Å²) in [6.45, 7) is 4.55. The number of nitrogens with two attached hydrogens (primary N) is 1. The van der Waals surface area contributed by atoms with E-state index < -0.39 is 10.0 Å². The van der Waals surface area contributed by atoms with Crippen LogP contribution in [0, 0.1) is 11.8 Å². The van der Waals surface area contributed by atoms with E-state index in [4.69, 9.17) is 5.73 Å². The minimum Gasteiger partial charge on any atom is -0.329 e. The van der Waals surface area contributed by atoms with E-state index in [-0.39, 0.29) is 18.3 Å². The molecule has 1 rings (SSSR count). The molecular formula is C10H22N2O2S. The van der Waals surface area contributed by atoms with Gasteiger partial charge < -0.3 is 5.73 Å². The summed E-state index contributed by atoms with van der Waals surface area (Å²) < 4.78 is 25.8. The lowest BCUT2D eigenvalue weighted by molar-refractivity contribution is 0.258. The highest BCUT2D eigenvalue weighted by atomic mass is 32.2. The molecule has 2 unspecified atom stereocenters. The van der Waals surface area contributed by atoms with Crippen LogP contribution in [0.4, 0.5) is 0 Å². The molecule has 0 saturated heterocycles. The monoisotopic (exact) mass is 234 g/mol. The molecular weight excluding hydrogens is 212 g/mol. The minimum absolute atomic E-state index is 0.0340. The molecule has 0 aromatic heterocycles. The minimum atomic E-state index is -3.15. The molecule has 0 heterocycles. The smallest absolute Gasteiger partial charge is 0.213 e. The predicted octanol–water partition coefficient (Wildman–Crippen LogP) is 0.689. The Morgan fingerprint density at radius 2 is 1.73 bits per heavy atom. The van der Waals surface area contributed by atoms with Gasteiger partial charge in [-0.15, -0.1) is 0 Å². The van der Waals surface area contributed by atoms with Crippen LogP contribution in [0.25, 0.3) is 0 Å². The number of hydrogen-bond acceptors (Lipinski definition) is 3. The number of nitrogens with one attached hydrogen (secondary N) is 1. The maximum atomic E-state index is 11.5. The fraction of sp³-hybridized carbons (Fsp3) is 1.00. The van der Waals surface area contributed by atoms with Gasteiger partial charge in [0.15, 0.2) is 0 Å². The highest BCUT2D eigenvalue weighted by molar-refractivity contribution is 7.89. The van der Waals surface area contributed by atoms with Crippen molar-refractivity contribution in [1.82, 2.24) is 4.72 Å². The maximum absolute atomic E-state index is 11.5. The van der Waals surface area contributed by atoms with E-state index in [0.29, 0.717) is 11.8 Å². The van der Waals surface area contributed by atoms with Crippen LogP contribution in [0.5, 0.6) is 0 Å². The van der Waals surface area contributed by atoms with Gasteiger partial charge in [0, 0.05) is 12.6 Å². The fourth-order valence-electron chi connectivity index (χ4n) is 2.51. The molecule has 0 aliphatic heterocycles. The average Bonchev–Trinajstić information content (AvgIpc) is 1.99. The largest absolute Gasteiger partial charge is 0.329 e. The lowest BCUT2D eigenvalue weighted by Gasteiger charge is -2.31. The summed E-state index contributed by atoms with van der Waals surface area (Å²) in [6, 6.07) is 0.111. The average molecular weight is 234 g/mol. The number of hydrogen-bond donors (Lipinski definition) is 2. The number of sulfonamides is 1. The third kappa shape index (κ3) is 4.49. The van der Waals surface area contributed by atoms with Gasteiger partial charge in [-0.25, -0.2) is 13.1 Å². The van der Waals surface area contributed by atoms with Crippen molar-refractivity contribution in [3.05, 3.63) is 0 Å². The van der Waals surface area contributed by atoms with Gasteiger partial charge in [0.25, 0.3) is 0 Å². The van der Waals surface area contributed by atoms with E-state index in [1.54, 1.807) is 0 Å². The van der Waals surface area contributed by atoms with Crippen molar-refractivity contribution in [1.29, 1.82) is 0 Å². The Labute approximate surface area is 92.7 Å². The van der Waals surface area contributed by atoms with Crippen LogP contribution in [-0.2, 0) is 10.0 Å². The van der Waals surface area contributed by atoms with Gasteiger partial charge in [-0.2, -0.15) is 0 Å². The van der Waals surface area contributed by atoms with E-state index in [2.05, 4.69) is 18.6 Å². The molecule has 90 valence electrons. The van der Waals surface area contributed by atoms with Crippen LogP contribution in [0.3, 0.4) is 0 Å². The van der Waals surface area contributed by atoms with Gasteiger partial charge in [-0.3, -0.25) is 0 Å². The first-order chi connectivity index (χ1) is 6.93. The van der Waals surface area contributed by atoms with Crippen molar-refractivity contribution >= 4 is 10.0 Å². The standard InChI is InChI=1S/C10H22N2O2S/c1-8-5-9(2)7-10(6-8)12-15(13,14)4-3-11/h8-10,12H,3-7,11H2,1-2H3. The molecule has 1 saturated carbocycles. The second-order valence-corrected chi connectivity index (χ2v) is 6.71. The second-order valence-electron chi connectivity index (χ2n) is 4.84. The van der Waals surface area contributed by atoms with Crippen molar-refractivity contribution in [2.24, 2.45) is 17.6 Å². The lowest BCUT2D eigenvalue weighted by Crippen LogP contribution is -2.42. The van der Waals surface area contributed by atoms with Crippen LogP contribution in [0.15, 0.2) is 0 Å². The quantitative estimate of drug-likeness (QED) is 0.751. The zero-order valence-corrected chi connectivity index (χ0v) is 10.4. The summed E-state index contributed by atoms with van der Waals surface area (Å²) in [4.78, 5) is 0. The Bertz CT molecular complexity index is 280. The van der Waals surface area contributed by atoms with E-state index >= 15 is 0 Å². The topological polar surface area (TPSA) is 72.2 Å². The third-order valence-electron chi connectivity index (χ3n) is 2.91. The summed E-state index contributed by atoms with van der Waals surface area (Å²) in [5.74, 6) is 1.25. The molecule has 0 aromatic rings. The maximum Gasteiger partial charge on any atom is 0.213 e. The van der Waals surface area contributed by atoms with Crippen LogP contribution in [0.2, 0.25) is 0 Å². The van der Waals surface area contributed by atoms with Crippen molar-refractivity contribution in [3.8, 4) is 0 Å². The van der Waals surface area contributed by atoms with Gasteiger partial charge in [0.1, 0.15) is 0 Å². The summed E-state index contributed by atoms with van der Waals surface area (Å²) >= 11 is 0. The summed E-state index contributed by atoms with van der Waals surface area (Å²) in [5.41, 5.74) is 5.26. The SMILES string of the molecule is CC1CC(C)CC(NS(=O)(=O)CCN)C1. The van der Waals surface area contributed by atoms with Gasteiger partial charge >= 0.3 is 0 Å². The molecule has 1 aliphatic rings. The third-order valence-corrected chi connectivity index (χ3v) is 4.38. The Kier molecular flexibility index (Phi) is 4.55. The Morgan fingerprint density at radius 1 is 1.20 bits per heavy atom. The summed E-state index contributed by atoms with van der Waals surface area (Å²) in [6.07, 6.45) is 3.11. The molecule has 4 nitrogen and oxygen atoms in total. The highest BCUT2D eigenvalue weighted by Gasteiger charge is 2.26. The first kappa shape index (κ1) is 12.9. The molecule has 1 aliphatic carbocycles. The summed E-state index contributed by atoms with van der Waals surface area (Å²) in [5, 5.41) is 0. The molecule has 3 N–H and O–H groups in total. The molecule has 15 heavy (non-hydrogen) atoms. The highest BCUT2D eigenvalue weighted by Crippen LogP contribution is 2.28. The fourth-order valence-corrected chi connectivity index (χ4v) is 3.64. The van der Waals surface area contributed by atoms with E-state index in [0.717, 1.165) is 12.8 Å². The van der Waals surface area contributed by atoms with E-state index in [9.17, 15) is 8.42 Å². The Morgan fingerprint density at radius 3 is 2.20 bits per heavy atom. The van der Waals surface area contributed by atoms with Crippen molar-refractivity contribution in [2.45, 2.75) is 39.2 Å². The zero-order chi connectivity index (χ0) is 11.5. The van der Waals surface area contributed by atoms with Crippen molar-refractivity contribution in [3.63, 3.8) is 0 Å². The zero-order valence-electron chi connectivity index (χ0n) is 9.57. The van der Waals surface area contributed by atoms with Gasteiger partial charge in [-0.1, -0.05) is 13.8 Å². The Hall–Kier alpha value is -0.130. The molecule has 1 fully saturated rings. The van der Waals surface area contributed by atoms with E-state index in [1.807, 2.05) is 0 Å². The molecule has 0 amide bonds. The van der Waals surface area contributed by atoms with Crippen LogP contribution < -0.4 is 10.5 Å². The van der Waals surface area contributed by atoms with Crippen LogP contribution in [0.1, 0.15) is 33.1 Å². The van der Waals surface area contributed by atoms with Crippen LogP contribution in [-0.4, -0.2) is 26.8 Å². The normalized spacial score (nSPS) is 32.9. The molecule has 0 bridgehead atoms. The molecule has 0 aromatic carbocycles. The molecule has 0 radical (unpaired) electrons. The van der Waals surface area contributed by atoms with Gasteiger partial charge in [0.2, 0.25) is 10.0 Å². The predicted molar refractivity (Wildman–Crippen MR) is 61.9 cm³/mol. The first-order valence-corrected chi connectivity index (χ1v) is 7.28. The van der Waals surface area contributed by atoms with Crippen molar-refractivity contribution in [2.75, 3.05) is 12.3 Å². The second kappa shape index (κ2) is 5.27. The molecule has 2 atom stereocenters. The lowest BCUT2D eigenvalue weighted by atomic mass is 9.81. The number of rotatable bonds is 4. The summed E-state index contributed by atoms with van der Waals surface area (Å²) in [7, 11) is -3.15. The van der Waals surface area contributed by atoms with Gasteiger partial charge in [0.05, 0.1) is 5.75 Å². The first-order valence-electron chi connectivity index (χ1n) is 5.63. The molecule has 5 heteroatoms. The van der Waals surface area contributed by atoms with Crippen LogP contribution >= 0.6 is 0 Å². The van der Waals surface area contributed by atoms with E-state index in [1.165, 1.54) is 6.42 Å². The van der Waals surface area contributed by atoms with Crippen molar-refractivity contribution < 1.29 is 8.42 Å².